The zero-order chi connectivity index (χ0) is 30.8. The van der Waals surface area contributed by atoms with E-state index in [1.807, 2.05) is 67.6 Å². The molecule has 0 bridgehead atoms. The topological polar surface area (TPSA) is 105 Å². The lowest BCUT2D eigenvalue weighted by Crippen LogP contribution is -2.35. The molecule has 0 unspecified atom stereocenters. The van der Waals surface area contributed by atoms with Gasteiger partial charge in [-0.3, -0.25) is 14.4 Å². The molecule has 0 atom stereocenters. The van der Waals surface area contributed by atoms with Crippen LogP contribution in [0.3, 0.4) is 0 Å². The minimum atomic E-state index is -0.993. The Bertz CT molecular complexity index is 1600. The van der Waals surface area contributed by atoms with Gasteiger partial charge in [0, 0.05) is 30.8 Å². The number of nitrogens with zero attached hydrogens (tertiary/aromatic N) is 1. The molecular formula is C35H36N2O6. The van der Waals surface area contributed by atoms with Gasteiger partial charge >= 0.3 is 5.97 Å². The molecule has 0 aromatic heterocycles. The number of benzene rings is 4. The minimum absolute atomic E-state index is 0.0361. The number of aliphatic carboxylic acids is 1. The van der Waals surface area contributed by atoms with Gasteiger partial charge in [0.25, 0.3) is 11.8 Å². The number of carboxylic acid groups (broad SMARTS) is 1. The summed E-state index contributed by atoms with van der Waals surface area (Å²) in [5, 5.41) is 12.4. The fourth-order valence-corrected chi connectivity index (χ4v) is 4.92. The van der Waals surface area contributed by atoms with Crippen LogP contribution in [-0.4, -0.2) is 55.1 Å². The zero-order valence-electron chi connectivity index (χ0n) is 24.6. The van der Waals surface area contributed by atoms with Crippen molar-refractivity contribution in [2.75, 3.05) is 27.3 Å². The highest BCUT2D eigenvalue weighted by Gasteiger charge is 2.23. The largest absolute Gasteiger partial charge is 0.493 e. The first kappa shape index (κ1) is 30.8. The Morgan fingerprint density at radius 3 is 2.07 bits per heavy atom. The summed E-state index contributed by atoms with van der Waals surface area (Å²) in [4.78, 5) is 40.4. The van der Waals surface area contributed by atoms with E-state index in [9.17, 15) is 19.5 Å². The van der Waals surface area contributed by atoms with Crippen molar-refractivity contribution in [1.82, 2.24) is 10.2 Å². The Kier molecular flexibility index (Phi) is 10.5. The summed E-state index contributed by atoms with van der Waals surface area (Å²) in [5.74, 6) is -0.385. The van der Waals surface area contributed by atoms with Crippen molar-refractivity contribution in [1.29, 1.82) is 0 Å². The molecule has 8 nitrogen and oxygen atoms in total. The molecule has 0 aliphatic rings. The maximum Gasteiger partial charge on any atom is 0.305 e. The van der Waals surface area contributed by atoms with Gasteiger partial charge in [-0.1, -0.05) is 66.7 Å². The van der Waals surface area contributed by atoms with Crippen molar-refractivity contribution >= 4 is 17.8 Å². The van der Waals surface area contributed by atoms with E-state index >= 15 is 0 Å². The summed E-state index contributed by atoms with van der Waals surface area (Å²) in [6, 6.07) is 27.7. The zero-order valence-corrected chi connectivity index (χ0v) is 24.6. The fraction of sp³-hybridized carbons (Fsp3) is 0.229. The molecule has 0 aliphatic carbocycles. The van der Waals surface area contributed by atoms with Gasteiger partial charge in [-0.15, -0.1) is 0 Å². The van der Waals surface area contributed by atoms with Crippen molar-refractivity contribution < 1.29 is 29.0 Å². The van der Waals surface area contributed by atoms with Crippen LogP contribution in [-0.2, 0) is 17.8 Å². The molecule has 2 N–H and O–H groups in total. The summed E-state index contributed by atoms with van der Waals surface area (Å²) in [6.07, 6.45) is 0.281. The number of rotatable bonds is 13. The monoisotopic (exact) mass is 580 g/mol. The Labute approximate surface area is 251 Å². The number of ether oxygens (including phenoxy) is 2. The normalized spacial score (nSPS) is 10.6. The van der Waals surface area contributed by atoms with Gasteiger partial charge in [-0.05, 0) is 65.4 Å². The van der Waals surface area contributed by atoms with E-state index in [0.717, 1.165) is 16.7 Å². The lowest BCUT2D eigenvalue weighted by atomic mass is 9.94. The van der Waals surface area contributed by atoms with E-state index in [0.29, 0.717) is 46.7 Å². The number of carboxylic acids is 1. The molecule has 4 aromatic rings. The smallest absolute Gasteiger partial charge is 0.305 e. The van der Waals surface area contributed by atoms with Crippen molar-refractivity contribution in [2.24, 2.45) is 0 Å². The lowest BCUT2D eigenvalue weighted by Gasteiger charge is -2.24. The van der Waals surface area contributed by atoms with Gasteiger partial charge in [0.2, 0.25) is 0 Å². The van der Waals surface area contributed by atoms with Gasteiger partial charge in [0.05, 0.1) is 20.6 Å². The Morgan fingerprint density at radius 1 is 0.767 bits per heavy atom. The Balaban J connectivity index is 1.61. The quantitative estimate of drug-likeness (QED) is 0.208. The highest BCUT2D eigenvalue weighted by Crippen LogP contribution is 2.30. The second-order valence-electron chi connectivity index (χ2n) is 10.1. The SMILES string of the molecule is COc1ccc(CCN(CCC(=O)O)C(=O)c2ccccc2-c2ccccc2C(=O)NCc2ccccc2C)cc1OC. The summed E-state index contributed by atoms with van der Waals surface area (Å²) >= 11 is 0. The van der Waals surface area contributed by atoms with Gasteiger partial charge in [0.1, 0.15) is 0 Å². The average molecular weight is 581 g/mol. The van der Waals surface area contributed by atoms with Gasteiger partial charge in [-0.25, -0.2) is 0 Å². The maximum atomic E-state index is 14.0. The van der Waals surface area contributed by atoms with Crippen molar-refractivity contribution in [3.05, 3.63) is 119 Å². The Morgan fingerprint density at radius 2 is 1.40 bits per heavy atom. The summed E-state index contributed by atoms with van der Waals surface area (Å²) in [5.41, 5.74) is 5.06. The molecule has 2 amide bonds. The van der Waals surface area contributed by atoms with Crippen LogP contribution < -0.4 is 14.8 Å². The van der Waals surface area contributed by atoms with Crippen LogP contribution in [0.25, 0.3) is 11.1 Å². The third-order valence-electron chi connectivity index (χ3n) is 7.32. The van der Waals surface area contributed by atoms with Crippen molar-refractivity contribution in [2.45, 2.75) is 26.3 Å². The van der Waals surface area contributed by atoms with E-state index in [2.05, 4.69) is 5.32 Å². The molecule has 43 heavy (non-hydrogen) atoms. The standard InChI is InChI=1S/C35H36N2O6/c1-24-10-4-5-11-26(24)23-36-34(40)29-14-8-6-12-27(29)28-13-7-9-15-30(28)35(41)37(21-19-33(38)39)20-18-25-16-17-31(42-2)32(22-25)43-3/h4-17,22H,18-21,23H2,1-3H3,(H,36,40)(H,38,39). The number of amides is 2. The molecule has 0 saturated carbocycles. The molecule has 0 saturated heterocycles. The number of methoxy groups -OCH3 is 2. The summed E-state index contributed by atoms with van der Waals surface area (Å²) in [6.45, 7) is 2.70. The van der Waals surface area contributed by atoms with E-state index in [4.69, 9.17) is 9.47 Å². The molecule has 0 fully saturated rings. The van der Waals surface area contributed by atoms with Crippen LogP contribution in [0.5, 0.6) is 11.5 Å². The van der Waals surface area contributed by atoms with E-state index < -0.39 is 5.97 Å². The van der Waals surface area contributed by atoms with Gasteiger partial charge < -0.3 is 24.8 Å². The summed E-state index contributed by atoms with van der Waals surface area (Å²) in [7, 11) is 3.12. The molecule has 0 heterocycles. The highest BCUT2D eigenvalue weighted by molar-refractivity contribution is 6.06. The molecule has 0 spiro atoms. The number of hydrogen-bond acceptors (Lipinski definition) is 5. The second kappa shape index (κ2) is 14.7. The molecule has 4 rings (SSSR count). The van der Waals surface area contributed by atoms with Crippen LogP contribution in [0.4, 0.5) is 0 Å². The molecule has 8 heteroatoms. The molecule has 0 radical (unpaired) electrons. The third-order valence-corrected chi connectivity index (χ3v) is 7.32. The molecular weight excluding hydrogens is 544 g/mol. The van der Waals surface area contributed by atoms with Crippen molar-refractivity contribution in [3.63, 3.8) is 0 Å². The number of carbonyl (C=O) groups excluding carboxylic acids is 2. The fourth-order valence-electron chi connectivity index (χ4n) is 4.92. The van der Waals surface area contributed by atoms with Crippen LogP contribution in [0.15, 0.2) is 91.0 Å². The number of hydrogen-bond donors (Lipinski definition) is 2. The second-order valence-corrected chi connectivity index (χ2v) is 10.1. The van der Waals surface area contributed by atoms with Gasteiger partial charge in [-0.2, -0.15) is 0 Å². The molecule has 0 aliphatic heterocycles. The van der Waals surface area contributed by atoms with Crippen LogP contribution >= 0.6 is 0 Å². The first-order valence-corrected chi connectivity index (χ1v) is 14.1. The lowest BCUT2D eigenvalue weighted by molar-refractivity contribution is -0.137. The van der Waals surface area contributed by atoms with Crippen molar-refractivity contribution in [3.8, 4) is 22.6 Å². The maximum absolute atomic E-state index is 14.0. The Hall–Kier alpha value is -5.11. The average Bonchev–Trinajstić information content (AvgIpc) is 3.03. The van der Waals surface area contributed by atoms with Crippen LogP contribution in [0.2, 0.25) is 0 Å². The van der Waals surface area contributed by atoms with E-state index in [1.54, 1.807) is 49.5 Å². The van der Waals surface area contributed by atoms with E-state index in [1.165, 1.54) is 0 Å². The van der Waals surface area contributed by atoms with Crippen LogP contribution in [0.1, 0.15) is 43.8 Å². The highest BCUT2D eigenvalue weighted by atomic mass is 16.5. The minimum Gasteiger partial charge on any atom is -0.493 e. The third kappa shape index (κ3) is 7.80. The number of aryl methyl sites for hydroxylation is 1. The predicted octanol–water partition coefficient (Wildman–Crippen LogP) is 5.77. The summed E-state index contributed by atoms with van der Waals surface area (Å²) < 4.78 is 10.7. The predicted molar refractivity (Wildman–Crippen MR) is 166 cm³/mol. The molecule has 222 valence electrons. The first-order chi connectivity index (χ1) is 20.8. The van der Waals surface area contributed by atoms with E-state index in [-0.39, 0.29) is 31.3 Å². The molecule has 4 aromatic carbocycles. The first-order valence-electron chi connectivity index (χ1n) is 14.1. The van der Waals surface area contributed by atoms with Gasteiger partial charge in [0.15, 0.2) is 11.5 Å². The van der Waals surface area contributed by atoms with Crippen LogP contribution in [0, 0.1) is 6.92 Å². The number of nitrogens with one attached hydrogen (secondary N) is 1. The number of carbonyl (C=O) groups is 3.